The van der Waals surface area contributed by atoms with Gasteiger partial charge < -0.3 is 14.5 Å². The lowest BCUT2D eigenvalue weighted by Crippen LogP contribution is -2.43. The Bertz CT molecular complexity index is 673. The molecule has 2 unspecified atom stereocenters. The molecule has 2 fully saturated rings. The van der Waals surface area contributed by atoms with Crippen molar-refractivity contribution < 1.29 is 9.53 Å². The van der Waals surface area contributed by atoms with E-state index in [0.717, 1.165) is 30.0 Å². The van der Waals surface area contributed by atoms with Gasteiger partial charge in [0.25, 0.3) is 0 Å². The zero-order chi connectivity index (χ0) is 17.5. The lowest BCUT2D eigenvalue weighted by Gasteiger charge is -2.30. The molecule has 1 aromatic heterocycles. The number of nitrogens with zero attached hydrogens (tertiary/aromatic N) is 4. The Kier molecular flexibility index (Phi) is 4.43. The molecule has 0 aliphatic carbocycles. The maximum absolute atomic E-state index is 12.4. The summed E-state index contributed by atoms with van der Waals surface area (Å²) in [5.41, 5.74) is 0.998. The number of hydrogen-bond donors (Lipinski definition) is 0. The van der Waals surface area contributed by atoms with Gasteiger partial charge in [0.05, 0.1) is 5.69 Å². The molecular weight excluding hydrogens is 324 g/mol. The Morgan fingerprint density at radius 2 is 2.04 bits per heavy atom. The number of amides is 1. The Labute approximate surface area is 147 Å². The van der Waals surface area contributed by atoms with E-state index in [2.05, 4.69) is 15.3 Å². The summed E-state index contributed by atoms with van der Waals surface area (Å²) in [6.45, 7) is 8.90. The molecule has 0 N–H and O–H groups in total. The number of hydrogen-bond acceptors (Lipinski definition) is 6. The van der Waals surface area contributed by atoms with Gasteiger partial charge in [-0.05, 0) is 58.5 Å². The number of likely N-dealkylation sites (tertiary alicyclic amines) is 1. The third kappa shape index (κ3) is 3.20. The second-order valence-electron chi connectivity index (χ2n) is 7.57. The van der Waals surface area contributed by atoms with E-state index < -0.39 is 5.60 Å². The fraction of sp³-hybridized carbons (Fsp3) is 0.706. The van der Waals surface area contributed by atoms with Crippen LogP contribution >= 0.6 is 11.5 Å². The zero-order valence-electron chi connectivity index (χ0n) is 14.7. The van der Waals surface area contributed by atoms with Gasteiger partial charge in [-0.3, -0.25) is 0 Å². The van der Waals surface area contributed by atoms with Crippen molar-refractivity contribution in [2.24, 2.45) is 0 Å². The van der Waals surface area contributed by atoms with Crippen molar-refractivity contribution >= 4 is 22.6 Å². The molecule has 7 heteroatoms. The molecule has 2 aliphatic heterocycles. The molecule has 3 rings (SSSR count). The molecule has 2 bridgehead atoms. The first kappa shape index (κ1) is 17.0. The summed E-state index contributed by atoms with van der Waals surface area (Å²) in [4.78, 5) is 16.6. The van der Waals surface area contributed by atoms with Crippen molar-refractivity contribution in [2.45, 2.75) is 64.6 Å². The summed E-state index contributed by atoms with van der Waals surface area (Å²) in [5, 5.41) is 10.4. The second-order valence-corrected chi connectivity index (χ2v) is 8.32. The molecule has 2 aliphatic rings. The Balaban J connectivity index is 1.81. The third-order valence-corrected chi connectivity index (χ3v) is 5.58. The number of anilines is 1. The summed E-state index contributed by atoms with van der Waals surface area (Å²) >= 11 is 1.40. The quantitative estimate of drug-likeness (QED) is 0.779. The standard InChI is InChI=1S/C17H24N4O2S/c1-11-14(9-18)15(24-19-11)21-12-5-6-13(21)10-20(8-7-12)16(22)23-17(2,3)4/h12-13H,5-8,10H2,1-4H3. The first-order valence-electron chi connectivity index (χ1n) is 8.43. The van der Waals surface area contributed by atoms with E-state index in [1.165, 1.54) is 11.5 Å². The van der Waals surface area contributed by atoms with Crippen LogP contribution in [0.15, 0.2) is 0 Å². The summed E-state index contributed by atoms with van der Waals surface area (Å²) in [7, 11) is 0. The smallest absolute Gasteiger partial charge is 0.410 e. The molecule has 2 saturated heterocycles. The topological polar surface area (TPSA) is 69.5 Å². The average Bonchev–Trinajstić information content (AvgIpc) is 2.95. The Hall–Kier alpha value is -1.81. The van der Waals surface area contributed by atoms with Crippen LogP contribution in [0.25, 0.3) is 0 Å². The van der Waals surface area contributed by atoms with Crippen molar-refractivity contribution in [3.8, 4) is 6.07 Å². The largest absolute Gasteiger partial charge is 0.444 e. The Morgan fingerprint density at radius 1 is 1.33 bits per heavy atom. The number of fused-ring (bicyclic) bond motifs is 2. The van der Waals surface area contributed by atoms with Crippen LogP contribution in [-0.4, -0.2) is 46.1 Å². The SMILES string of the molecule is Cc1nsc(N2C3CCC2CN(C(=O)OC(C)(C)C)CC3)c1C#N. The highest BCUT2D eigenvalue weighted by atomic mass is 32.1. The number of ether oxygens (including phenoxy) is 1. The highest BCUT2D eigenvalue weighted by Crippen LogP contribution is 2.39. The minimum Gasteiger partial charge on any atom is -0.444 e. The van der Waals surface area contributed by atoms with Gasteiger partial charge >= 0.3 is 6.09 Å². The molecular formula is C17H24N4O2S. The highest BCUT2D eigenvalue weighted by Gasteiger charge is 2.41. The Morgan fingerprint density at radius 3 is 2.71 bits per heavy atom. The molecule has 24 heavy (non-hydrogen) atoms. The second kappa shape index (κ2) is 6.25. The van der Waals surface area contributed by atoms with E-state index >= 15 is 0 Å². The predicted octanol–water partition coefficient (Wildman–Crippen LogP) is 3.30. The predicted molar refractivity (Wildman–Crippen MR) is 93.3 cm³/mol. The van der Waals surface area contributed by atoms with E-state index in [4.69, 9.17) is 4.74 Å². The molecule has 0 aromatic carbocycles. The van der Waals surface area contributed by atoms with E-state index in [9.17, 15) is 10.1 Å². The lowest BCUT2D eigenvalue weighted by molar-refractivity contribution is 0.0243. The van der Waals surface area contributed by atoms with Crippen LogP contribution in [0.5, 0.6) is 0 Å². The molecule has 1 amide bonds. The summed E-state index contributed by atoms with van der Waals surface area (Å²) in [6, 6.07) is 2.90. The number of carbonyl (C=O) groups is 1. The van der Waals surface area contributed by atoms with Crippen molar-refractivity contribution in [2.75, 3.05) is 18.0 Å². The maximum Gasteiger partial charge on any atom is 0.410 e. The van der Waals surface area contributed by atoms with Gasteiger partial charge in [-0.2, -0.15) is 9.64 Å². The molecule has 1 aromatic rings. The monoisotopic (exact) mass is 348 g/mol. The van der Waals surface area contributed by atoms with Gasteiger partial charge in [-0.15, -0.1) is 0 Å². The van der Waals surface area contributed by atoms with Gasteiger partial charge in [-0.1, -0.05) is 0 Å². The molecule has 0 saturated carbocycles. The van der Waals surface area contributed by atoms with E-state index in [1.54, 1.807) is 0 Å². The molecule has 3 heterocycles. The fourth-order valence-electron chi connectivity index (χ4n) is 3.56. The van der Waals surface area contributed by atoms with E-state index in [-0.39, 0.29) is 12.1 Å². The van der Waals surface area contributed by atoms with Gasteiger partial charge in [-0.25, -0.2) is 4.79 Å². The molecule has 0 radical (unpaired) electrons. The lowest BCUT2D eigenvalue weighted by atomic mass is 10.1. The number of rotatable bonds is 1. The summed E-state index contributed by atoms with van der Waals surface area (Å²) in [5.74, 6) is 0. The minimum atomic E-state index is -0.481. The van der Waals surface area contributed by atoms with Crippen molar-refractivity contribution in [1.82, 2.24) is 9.27 Å². The minimum absolute atomic E-state index is 0.233. The summed E-state index contributed by atoms with van der Waals surface area (Å²) in [6.07, 6.45) is 2.80. The number of nitriles is 1. The van der Waals surface area contributed by atoms with Crippen LogP contribution in [0, 0.1) is 18.3 Å². The van der Waals surface area contributed by atoms with Gasteiger partial charge in [0.2, 0.25) is 0 Å². The van der Waals surface area contributed by atoms with Crippen LogP contribution < -0.4 is 4.90 Å². The van der Waals surface area contributed by atoms with Crippen LogP contribution in [0.3, 0.4) is 0 Å². The molecule has 6 nitrogen and oxygen atoms in total. The van der Waals surface area contributed by atoms with Crippen molar-refractivity contribution in [3.63, 3.8) is 0 Å². The van der Waals surface area contributed by atoms with Crippen molar-refractivity contribution in [3.05, 3.63) is 11.3 Å². The average molecular weight is 348 g/mol. The summed E-state index contributed by atoms with van der Waals surface area (Å²) < 4.78 is 9.90. The first-order chi connectivity index (χ1) is 11.3. The van der Waals surface area contributed by atoms with Crippen LogP contribution in [-0.2, 0) is 4.74 Å². The normalized spacial score (nSPS) is 23.8. The van der Waals surface area contributed by atoms with Gasteiger partial charge in [0.15, 0.2) is 0 Å². The molecule has 0 spiro atoms. The number of carbonyl (C=O) groups excluding carboxylic acids is 1. The first-order valence-corrected chi connectivity index (χ1v) is 9.20. The van der Waals surface area contributed by atoms with Crippen LogP contribution in [0.4, 0.5) is 9.80 Å². The van der Waals surface area contributed by atoms with E-state index in [0.29, 0.717) is 24.7 Å². The van der Waals surface area contributed by atoms with E-state index in [1.807, 2.05) is 32.6 Å². The molecule has 130 valence electrons. The maximum atomic E-state index is 12.4. The van der Waals surface area contributed by atoms with Crippen molar-refractivity contribution in [1.29, 1.82) is 5.26 Å². The number of aromatic nitrogens is 1. The van der Waals surface area contributed by atoms with Gasteiger partial charge in [0, 0.05) is 25.2 Å². The fourth-order valence-corrected chi connectivity index (χ4v) is 4.55. The van der Waals surface area contributed by atoms with Crippen LogP contribution in [0.2, 0.25) is 0 Å². The number of aryl methyl sites for hydroxylation is 1. The molecule has 2 atom stereocenters. The van der Waals surface area contributed by atoms with Crippen LogP contribution in [0.1, 0.15) is 51.3 Å². The third-order valence-electron chi connectivity index (χ3n) is 4.63. The van der Waals surface area contributed by atoms with Gasteiger partial charge in [0.1, 0.15) is 22.2 Å². The highest BCUT2D eigenvalue weighted by molar-refractivity contribution is 7.10. The zero-order valence-corrected chi connectivity index (χ0v) is 15.5.